The summed E-state index contributed by atoms with van der Waals surface area (Å²) < 4.78 is 22.3. The van der Waals surface area contributed by atoms with Crippen molar-refractivity contribution in [3.05, 3.63) is 30.1 Å². The first-order chi connectivity index (χ1) is 8.87. The van der Waals surface area contributed by atoms with Crippen molar-refractivity contribution in [1.29, 1.82) is 0 Å². The highest BCUT2D eigenvalue weighted by Gasteiger charge is 2.08. The number of hydrogen-bond acceptors (Lipinski definition) is 5. The third-order valence-electron chi connectivity index (χ3n) is 2.74. The minimum absolute atomic E-state index is 0.174. The molecular weight excluding hydrogens is 280 g/mol. The molecule has 0 aliphatic heterocycles. The summed E-state index contributed by atoms with van der Waals surface area (Å²) in [5.74, 6) is 0.715. The lowest BCUT2D eigenvalue weighted by molar-refractivity contribution is 0.603. The summed E-state index contributed by atoms with van der Waals surface area (Å²) in [6, 6.07) is 5.75. The predicted molar refractivity (Wildman–Crippen MR) is 81.3 cm³/mol. The van der Waals surface area contributed by atoms with Crippen molar-refractivity contribution in [2.45, 2.75) is 11.8 Å². The number of aromatic nitrogens is 1. The van der Waals surface area contributed by atoms with Crippen LogP contribution in [0.5, 0.6) is 0 Å². The van der Waals surface area contributed by atoms with Crippen molar-refractivity contribution in [3.63, 3.8) is 0 Å². The van der Waals surface area contributed by atoms with Crippen LogP contribution in [0.2, 0.25) is 0 Å². The molecule has 0 fully saturated rings. The number of aryl methyl sites for hydroxylation is 1. The first-order valence-electron chi connectivity index (χ1n) is 5.82. The van der Waals surface area contributed by atoms with Crippen LogP contribution in [0.25, 0.3) is 10.8 Å². The first-order valence-corrected chi connectivity index (χ1v) is 8.87. The fourth-order valence-electron chi connectivity index (χ4n) is 1.77. The molecule has 1 aromatic carbocycles. The minimum atomic E-state index is -2.92. The number of thioether (sulfide) groups is 1. The largest absolute Gasteiger partial charge is 0.398 e. The van der Waals surface area contributed by atoms with Gasteiger partial charge in [-0.15, -0.1) is 11.8 Å². The Kier molecular flexibility index (Phi) is 4.01. The maximum absolute atomic E-state index is 11.1. The number of nitrogens with two attached hydrogens (primary N) is 1. The number of benzene rings is 1. The van der Waals surface area contributed by atoms with Gasteiger partial charge >= 0.3 is 0 Å². The van der Waals surface area contributed by atoms with Crippen molar-refractivity contribution in [2.75, 3.05) is 23.5 Å². The number of hydrogen-bond donors (Lipinski definition) is 1. The quantitative estimate of drug-likeness (QED) is 0.692. The summed E-state index contributed by atoms with van der Waals surface area (Å²) >= 11 is 1.53. The summed E-state index contributed by atoms with van der Waals surface area (Å²) in [6.45, 7) is 1.92. The zero-order valence-corrected chi connectivity index (χ0v) is 12.5. The Morgan fingerprint density at radius 2 is 2.05 bits per heavy atom. The number of rotatable bonds is 4. The van der Waals surface area contributed by atoms with Crippen molar-refractivity contribution in [3.8, 4) is 0 Å². The molecule has 1 heterocycles. The molecule has 2 N–H and O–H groups in total. The third kappa shape index (κ3) is 3.61. The standard InChI is InChI=1S/C13H16N2O2S2/c1-9-7-10-11(8-15-9)12(14)3-4-13(10)18-5-6-19(2,16)17/h3-4,7-8H,5-6,14H2,1-2H3. The summed E-state index contributed by atoms with van der Waals surface area (Å²) in [4.78, 5) is 5.28. The van der Waals surface area contributed by atoms with E-state index < -0.39 is 9.84 Å². The maximum Gasteiger partial charge on any atom is 0.148 e. The predicted octanol–water partition coefficient (Wildman–Crippen LogP) is 2.26. The van der Waals surface area contributed by atoms with Gasteiger partial charge in [0.2, 0.25) is 0 Å². The Balaban J connectivity index is 2.33. The molecule has 0 unspecified atom stereocenters. The van der Waals surface area contributed by atoms with E-state index in [4.69, 9.17) is 5.73 Å². The van der Waals surface area contributed by atoms with E-state index in [1.54, 1.807) is 6.20 Å². The van der Waals surface area contributed by atoms with Crippen LogP contribution in [0.4, 0.5) is 5.69 Å². The van der Waals surface area contributed by atoms with E-state index in [9.17, 15) is 8.42 Å². The molecule has 19 heavy (non-hydrogen) atoms. The Morgan fingerprint density at radius 3 is 2.74 bits per heavy atom. The average Bonchev–Trinajstić information content (AvgIpc) is 2.30. The molecule has 0 saturated carbocycles. The van der Waals surface area contributed by atoms with Crippen LogP contribution in [0.3, 0.4) is 0 Å². The van der Waals surface area contributed by atoms with Crippen LogP contribution in [-0.4, -0.2) is 31.2 Å². The van der Waals surface area contributed by atoms with Crippen molar-refractivity contribution in [2.24, 2.45) is 0 Å². The Bertz CT molecular complexity index is 712. The third-order valence-corrected chi connectivity index (χ3v) is 5.02. The molecule has 2 rings (SSSR count). The normalized spacial score (nSPS) is 11.9. The van der Waals surface area contributed by atoms with Gasteiger partial charge in [0.05, 0.1) is 5.75 Å². The molecule has 2 aromatic rings. The second kappa shape index (κ2) is 5.38. The second-order valence-corrected chi connectivity index (χ2v) is 7.90. The zero-order chi connectivity index (χ0) is 14.0. The number of sulfone groups is 1. The summed E-state index contributed by atoms with van der Waals surface area (Å²) in [5, 5.41) is 1.95. The minimum Gasteiger partial charge on any atom is -0.398 e. The van der Waals surface area contributed by atoms with Crippen LogP contribution in [0, 0.1) is 6.92 Å². The van der Waals surface area contributed by atoms with E-state index in [0.717, 1.165) is 21.4 Å². The molecule has 0 atom stereocenters. The lowest BCUT2D eigenvalue weighted by Crippen LogP contribution is -2.05. The molecule has 4 nitrogen and oxygen atoms in total. The Labute approximate surface area is 117 Å². The zero-order valence-electron chi connectivity index (χ0n) is 10.9. The lowest BCUT2D eigenvalue weighted by Gasteiger charge is -2.08. The monoisotopic (exact) mass is 296 g/mol. The van der Waals surface area contributed by atoms with Gasteiger partial charge in [0.25, 0.3) is 0 Å². The van der Waals surface area contributed by atoms with Gasteiger partial charge < -0.3 is 5.73 Å². The molecular formula is C13H16N2O2S2. The average molecular weight is 296 g/mol. The van der Waals surface area contributed by atoms with E-state index in [2.05, 4.69) is 4.98 Å². The molecule has 0 bridgehead atoms. The van der Waals surface area contributed by atoms with E-state index >= 15 is 0 Å². The number of anilines is 1. The number of nitrogen functional groups attached to an aromatic ring is 1. The van der Waals surface area contributed by atoms with Gasteiger partial charge in [-0.1, -0.05) is 0 Å². The van der Waals surface area contributed by atoms with Gasteiger partial charge in [-0.05, 0) is 25.1 Å². The van der Waals surface area contributed by atoms with Crippen LogP contribution in [-0.2, 0) is 9.84 Å². The Morgan fingerprint density at radius 1 is 1.32 bits per heavy atom. The number of pyridine rings is 1. The lowest BCUT2D eigenvalue weighted by atomic mass is 10.1. The molecule has 0 amide bonds. The van der Waals surface area contributed by atoms with Crippen LogP contribution >= 0.6 is 11.8 Å². The van der Waals surface area contributed by atoms with Gasteiger partial charge in [-0.25, -0.2) is 8.42 Å². The highest BCUT2D eigenvalue weighted by Crippen LogP contribution is 2.31. The van der Waals surface area contributed by atoms with E-state index in [0.29, 0.717) is 11.4 Å². The number of fused-ring (bicyclic) bond motifs is 1. The van der Waals surface area contributed by atoms with E-state index in [-0.39, 0.29) is 5.75 Å². The molecule has 0 aliphatic rings. The molecule has 0 saturated heterocycles. The number of nitrogens with zero attached hydrogens (tertiary/aromatic N) is 1. The SMILES string of the molecule is Cc1cc2c(SCCS(C)(=O)=O)ccc(N)c2cn1. The van der Waals surface area contributed by atoms with Gasteiger partial charge in [-0.3, -0.25) is 4.98 Å². The summed E-state index contributed by atoms with van der Waals surface area (Å²) in [5.41, 5.74) is 7.54. The maximum atomic E-state index is 11.1. The molecule has 1 aromatic heterocycles. The van der Waals surface area contributed by atoms with Gasteiger partial charge in [-0.2, -0.15) is 0 Å². The van der Waals surface area contributed by atoms with Crippen LogP contribution in [0.1, 0.15) is 5.69 Å². The van der Waals surface area contributed by atoms with Crippen molar-refractivity contribution >= 4 is 38.1 Å². The highest BCUT2D eigenvalue weighted by atomic mass is 32.2. The Hall–Kier alpha value is -1.27. The topological polar surface area (TPSA) is 73.0 Å². The van der Waals surface area contributed by atoms with Crippen molar-refractivity contribution in [1.82, 2.24) is 4.98 Å². The van der Waals surface area contributed by atoms with Crippen LogP contribution in [0.15, 0.2) is 29.3 Å². The molecule has 102 valence electrons. The fraction of sp³-hybridized carbons (Fsp3) is 0.308. The molecule has 6 heteroatoms. The van der Waals surface area contributed by atoms with Crippen LogP contribution < -0.4 is 5.73 Å². The first kappa shape index (κ1) is 14.1. The van der Waals surface area contributed by atoms with E-state index in [1.165, 1.54) is 18.0 Å². The van der Waals surface area contributed by atoms with Gasteiger partial charge in [0, 0.05) is 45.3 Å². The molecule has 0 spiro atoms. The van der Waals surface area contributed by atoms with Gasteiger partial charge in [0.1, 0.15) is 9.84 Å². The summed E-state index contributed by atoms with van der Waals surface area (Å²) in [7, 11) is -2.92. The fourth-order valence-corrected chi connectivity index (χ4v) is 4.02. The molecule has 0 aliphatic carbocycles. The highest BCUT2D eigenvalue weighted by molar-refractivity contribution is 8.00. The van der Waals surface area contributed by atoms with Gasteiger partial charge in [0.15, 0.2) is 0 Å². The second-order valence-electron chi connectivity index (χ2n) is 4.50. The summed E-state index contributed by atoms with van der Waals surface area (Å²) in [6.07, 6.45) is 3.02. The smallest absolute Gasteiger partial charge is 0.148 e. The van der Waals surface area contributed by atoms with Crippen molar-refractivity contribution < 1.29 is 8.42 Å². The van der Waals surface area contributed by atoms with E-state index in [1.807, 2.05) is 25.1 Å². The molecule has 0 radical (unpaired) electrons.